The minimum atomic E-state index is -1.58. The number of pyridine rings is 1. The van der Waals surface area contributed by atoms with Gasteiger partial charge in [-0.1, -0.05) is 0 Å². The topological polar surface area (TPSA) is 91.6 Å². The van der Waals surface area contributed by atoms with Crippen molar-refractivity contribution >= 4 is 11.7 Å². The van der Waals surface area contributed by atoms with Crippen LogP contribution in [0.15, 0.2) is 42.6 Å². The molecule has 146 valence electrons. The molecule has 8 heteroatoms. The van der Waals surface area contributed by atoms with Crippen LogP contribution in [0.2, 0.25) is 0 Å². The molecule has 0 spiro atoms. The molecule has 2 aliphatic carbocycles. The average Bonchev–Trinajstić information content (AvgIpc) is 2.63. The van der Waals surface area contributed by atoms with Crippen LogP contribution in [0.25, 0.3) is 0 Å². The van der Waals surface area contributed by atoms with Crippen LogP contribution in [0.3, 0.4) is 0 Å². The summed E-state index contributed by atoms with van der Waals surface area (Å²) in [4.78, 5) is 26.4. The Morgan fingerprint density at radius 2 is 1.89 bits per heavy atom. The number of halogens is 1. The lowest BCUT2D eigenvalue weighted by Gasteiger charge is -2.41. The highest BCUT2D eigenvalue weighted by Gasteiger charge is 2.48. The van der Waals surface area contributed by atoms with Crippen molar-refractivity contribution in [1.82, 2.24) is 4.98 Å². The molecule has 0 bridgehead atoms. The number of non-ortho nitro benzene ring substituents is 1. The van der Waals surface area contributed by atoms with E-state index in [1.165, 1.54) is 30.5 Å². The number of carbonyl (C=O) groups is 1. The summed E-state index contributed by atoms with van der Waals surface area (Å²) in [5.41, 5.74) is -1.02. The van der Waals surface area contributed by atoms with E-state index >= 15 is 4.39 Å². The number of benzene rings is 1. The van der Waals surface area contributed by atoms with Crippen molar-refractivity contribution in [3.8, 4) is 5.88 Å². The van der Waals surface area contributed by atoms with E-state index in [-0.39, 0.29) is 30.2 Å². The zero-order valence-corrected chi connectivity index (χ0v) is 15.0. The molecule has 28 heavy (non-hydrogen) atoms. The first-order chi connectivity index (χ1) is 13.4. The number of esters is 1. The van der Waals surface area contributed by atoms with Crippen molar-refractivity contribution in [2.75, 3.05) is 0 Å². The molecule has 0 saturated heterocycles. The van der Waals surface area contributed by atoms with Gasteiger partial charge < -0.3 is 9.47 Å². The van der Waals surface area contributed by atoms with Gasteiger partial charge in [0.15, 0.2) is 0 Å². The lowest BCUT2D eigenvalue weighted by Crippen LogP contribution is -2.43. The first-order valence-electron chi connectivity index (χ1n) is 9.20. The van der Waals surface area contributed by atoms with Gasteiger partial charge in [0.1, 0.15) is 17.9 Å². The normalized spacial score (nSPS) is 24.0. The van der Waals surface area contributed by atoms with E-state index in [1.807, 2.05) is 0 Å². The van der Waals surface area contributed by atoms with Crippen molar-refractivity contribution in [1.29, 1.82) is 0 Å². The largest absolute Gasteiger partial charge is 0.474 e. The van der Waals surface area contributed by atoms with Gasteiger partial charge in [-0.05, 0) is 43.0 Å². The van der Waals surface area contributed by atoms with Crippen LogP contribution in [0, 0.1) is 10.1 Å². The SMILES string of the molecule is O=C(O[C@H]1C[C@](F)(c2ccnc(OC3CCC3)c2)C1)c1ccc([N+](=O)[O-])cc1. The summed E-state index contributed by atoms with van der Waals surface area (Å²) in [5, 5.41) is 10.7. The molecule has 2 saturated carbocycles. The molecule has 1 aromatic carbocycles. The molecule has 2 aliphatic rings. The molecule has 4 rings (SSSR count). The molecular weight excluding hydrogens is 367 g/mol. The van der Waals surface area contributed by atoms with Crippen LogP contribution < -0.4 is 4.74 Å². The molecule has 0 radical (unpaired) electrons. The third-order valence-corrected chi connectivity index (χ3v) is 5.28. The van der Waals surface area contributed by atoms with Crippen LogP contribution >= 0.6 is 0 Å². The number of nitro groups is 1. The quantitative estimate of drug-likeness (QED) is 0.422. The minimum absolute atomic E-state index is 0.0542. The molecule has 0 aliphatic heterocycles. The zero-order valence-electron chi connectivity index (χ0n) is 15.0. The molecule has 2 fully saturated rings. The summed E-state index contributed by atoms with van der Waals surface area (Å²) in [7, 11) is 0. The third-order valence-electron chi connectivity index (χ3n) is 5.28. The van der Waals surface area contributed by atoms with Crippen LogP contribution in [-0.2, 0) is 10.4 Å². The van der Waals surface area contributed by atoms with Gasteiger partial charge in [0, 0.05) is 37.2 Å². The van der Waals surface area contributed by atoms with Crippen LogP contribution in [0.4, 0.5) is 10.1 Å². The van der Waals surface area contributed by atoms with Crippen molar-refractivity contribution in [3.05, 3.63) is 63.8 Å². The van der Waals surface area contributed by atoms with Crippen molar-refractivity contribution < 1.29 is 23.6 Å². The van der Waals surface area contributed by atoms with E-state index in [4.69, 9.17) is 9.47 Å². The van der Waals surface area contributed by atoms with E-state index in [1.54, 1.807) is 12.1 Å². The van der Waals surface area contributed by atoms with Gasteiger partial charge in [0.25, 0.3) is 5.69 Å². The van der Waals surface area contributed by atoms with Gasteiger partial charge in [-0.15, -0.1) is 0 Å². The van der Waals surface area contributed by atoms with Crippen molar-refractivity contribution in [2.24, 2.45) is 0 Å². The first-order valence-corrected chi connectivity index (χ1v) is 9.20. The Morgan fingerprint density at radius 3 is 2.50 bits per heavy atom. The molecule has 2 aromatic rings. The maximum absolute atomic E-state index is 15.1. The van der Waals surface area contributed by atoms with Crippen LogP contribution in [-0.4, -0.2) is 28.1 Å². The number of carbonyl (C=O) groups excluding carboxylic acids is 1. The number of alkyl halides is 1. The predicted molar refractivity (Wildman–Crippen MR) is 96.8 cm³/mol. The summed E-state index contributed by atoms with van der Waals surface area (Å²) in [5.74, 6) is -0.198. The second-order valence-electron chi connectivity index (χ2n) is 7.26. The van der Waals surface area contributed by atoms with E-state index in [9.17, 15) is 14.9 Å². The van der Waals surface area contributed by atoms with Gasteiger partial charge in [-0.25, -0.2) is 14.2 Å². The summed E-state index contributed by atoms with van der Waals surface area (Å²) < 4.78 is 26.2. The monoisotopic (exact) mass is 386 g/mol. The van der Waals surface area contributed by atoms with E-state index in [2.05, 4.69) is 4.98 Å². The molecule has 0 atom stereocenters. The van der Waals surface area contributed by atoms with Crippen molar-refractivity contribution in [2.45, 2.75) is 50.0 Å². The molecule has 1 aromatic heterocycles. The predicted octanol–water partition coefficient (Wildman–Crippen LogP) is 4.11. The molecule has 0 unspecified atom stereocenters. The fourth-order valence-corrected chi connectivity index (χ4v) is 3.33. The molecule has 0 N–H and O–H groups in total. The highest BCUT2D eigenvalue weighted by Crippen LogP contribution is 2.47. The van der Waals surface area contributed by atoms with E-state index in [0.717, 1.165) is 19.3 Å². The highest BCUT2D eigenvalue weighted by atomic mass is 19.1. The Kier molecular flexibility index (Phi) is 4.70. The number of hydrogen-bond donors (Lipinski definition) is 0. The third kappa shape index (κ3) is 3.67. The smallest absolute Gasteiger partial charge is 0.338 e. The number of nitro benzene ring substituents is 1. The Balaban J connectivity index is 1.34. The van der Waals surface area contributed by atoms with Crippen molar-refractivity contribution in [3.63, 3.8) is 0 Å². The standard InChI is InChI=1S/C20H19FN2O5/c21-20(14-8-9-22-18(10-14)27-16-2-1-3-16)11-17(12-20)28-19(24)13-4-6-15(7-5-13)23(25)26/h4-10,16-17H,1-3,11-12H2/t17-,20+. The second kappa shape index (κ2) is 7.18. The zero-order chi connectivity index (χ0) is 19.7. The molecule has 1 heterocycles. The highest BCUT2D eigenvalue weighted by molar-refractivity contribution is 5.89. The van der Waals surface area contributed by atoms with Crippen LogP contribution in [0.5, 0.6) is 5.88 Å². The maximum atomic E-state index is 15.1. The summed E-state index contributed by atoms with van der Waals surface area (Å²) >= 11 is 0. The Hall–Kier alpha value is -3.03. The van der Waals surface area contributed by atoms with Crippen LogP contribution in [0.1, 0.15) is 48.0 Å². The second-order valence-corrected chi connectivity index (χ2v) is 7.26. The Bertz CT molecular complexity index is 892. The molecule has 0 amide bonds. The number of ether oxygens (including phenoxy) is 2. The summed E-state index contributed by atoms with van der Waals surface area (Å²) in [6, 6.07) is 8.35. The van der Waals surface area contributed by atoms with E-state index in [0.29, 0.717) is 11.4 Å². The van der Waals surface area contributed by atoms with Gasteiger partial charge >= 0.3 is 5.97 Å². The number of aromatic nitrogens is 1. The Morgan fingerprint density at radius 1 is 1.18 bits per heavy atom. The minimum Gasteiger partial charge on any atom is -0.474 e. The number of hydrogen-bond acceptors (Lipinski definition) is 6. The van der Waals surface area contributed by atoms with Gasteiger partial charge in [-0.3, -0.25) is 10.1 Å². The van der Waals surface area contributed by atoms with Gasteiger partial charge in [-0.2, -0.15) is 0 Å². The van der Waals surface area contributed by atoms with Gasteiger partial charge in [0.2, 0.25) is 5.88 Å². The lowest BCUT2D eigenvalue weighted by atomic mass is 9.74. The average molecular weight is 386 g/mol. The molecular formula is C20H19FN2O5. The first kappa shape index (κ1) is 18.3. The maximum Gasteiger partial charge on any atom is 0.338 e. The molecule has 7 nitrogen and oxygen atoms in total. The fraction of sp³-hybridized carbons (Fsp3) is 0.400. The van der Waals surface area contributed by atoms with E-state index < -0.39 is 22.7 Å². The lowest BCUT2D eigenvalue weighted by molar-refractivity contribution is -0.384. The summed E-state index contributed by atoms with van der Waals surface area (Å²) in [6.45, 7) is 0. The number of rotatable bonds is 6. The van der Waals surface area contributed by atoms with Gasteiger partial charge in [0.05, 0.1) is 10.5 Å². The fourth-order valence-electron chi connectivity index (χ4n) is 3.33. The number of nitrogens with zero attached hydrogens (tertiary/aromatic N) is 2. The summed E-state index contributed by atoms with van der Waals surface area (Å²) in [6.07, 6.45) is 4.38. The Labute approximate surface area is 160 Å².